The minimum atomic E-state index is -0.750. The monoisotopic (exact) mass is 291 g/mol. The first-order valence-corrected chi connectivity index (χ1v) is 5.60. The zero-order chi connectivity index (χ0) is 15.6. The van der Waals surface area contributed by atoms with Crippen molar-refractivity contribution in [2.45, 2.75) is 0 Å². The van der Waals surface area contributed by atoms with Crippen LogP contribution in [0.5, 0.6) is 11.5 Å². The van der Waals surface area contributed by atoms with Crippen LogP contribution >= 0.6 is 0 Å². The van der Waals surface area contributed by atoms with E-state index in [0.29, 0.717) is 0 Å². The summed E-state index contributed by atoms with van der Waals surface area (Å²) in [4.78, 5) is 19.9. The van der Waals surface area contributed by atoms with E-state index in [1.54, 1.807) is 0 Å². The van der Waals surface area contributed by atoms with Crippen LogP contribution in [-0.4, -0.2) is 20.1 Å². The first-order chi connectivity index (χ1) is 9.88. The molecule has 2 aromatic rings. The zero-order valence-electron chi connectivity index (χ0n) is 10.4. The van der Waals surface area contributed by atoms with Gasteiger partial charge in [0.1, 0.15) is 0 Å². The van der Waals surface area contributed by atoms with Crippen LogP contribution in [0.3, 0.4) is 0 Å². The van der Waals surface area contributed by atoms with E-state index in [1.165, 1.54) is 12.1 Å². The zero-order valence-corrected chi connectivity index (χ0v) is 10.4. The SMILES string of the molecule is O=[N+]([O-])c1cc(Nc2ccc(O)c([N+](=O)[O-])c2)ccc1O. The van der Waals surface area contributed by atoms with Crippen molar-refractivity contribution in [1.82, 2.24) is 0 Å². The summed E-state index contributed by atoms with van der Waals surface area (Å²) >= 11 is 0. The van der Waals surface area contributed by atoms with Gasteiger partial charge in [0.05, 0.1) is 9.85 Å². The van der Waals surface area contributed by atoms with Crippen molar-refractivity contribution in [2.75, 3.05) is 5.32 Å². The predicted octanol–water partition coefficient (Wildman–Crippen LogP) is 2.66. The number of hydrogen-bond donors (Lipinski definition) is 3. The molecule has 0 aliphatic rings. The Morgan fingerprint density at radius 3 is 1.52 bits per heavy atom. The smallest absolute Gasteiger partial charge is 0.312 e. The van der Waals surface area contributed by atoms with E-state index < -0.39 is 32.7 Å². The molecule has 0 spiro atoms. The molecule has 108 valence electrons. The Bertz CT molecular complexity index is 669. The minimum absolute atomic E-state index is 0.263. The van der Waals surface area contributed by atoms with Gasteiger partial charge in [-0.05, 0) is 24.3 Å². The largest absolute Gasteiger partial charge is 0.502 e. The molecule has 0 aliphatic heterocycles. The van der Waals surface area contributed by atoms with Crippen molar-refractivity contribution in [2.24, 2.45) is 0 Å². The highest BCUT2D eigenvalue weighted by atomic mass is 16.6. The average molecular weight is 291 g/mol. The van der Waals surface area contributed by atoms with Gasteiger partial charge < -0.3 is 15.5 Å². The van der Waals surface area contributed by atoms with Crippen LogP contribution in [0.25, 0.3) is 0 Å². The molecule has 0 amide bonds. The molecule has 9 heteroatoms. The first-order valence-electron chi connectivity index (χ1n) is 5.60. The molecule has 0 radical (unpaired) electrons. The Morgan fingerprint density at radius 1 is 0.810 bits per heavy atom. The number of phenols is 2. The number of nitrogens with one attached hydrogen (secondary N) is 1. The molecular weight excluding hydrogens is 282 g/mol. The summed E-state index contributed by atoms with van der Waals surface area (Å²) in [6, 6.07) is 7.20. The average Bonchev–Trinajstić information content (AvgIpc) is 2.42. The van der Waals surface area contributed by atoms with Gasteiger partial charge in [0.25, 0.3) is 0 Å². The Labute approximate surface area is 117 Å². The summed E-state index contributed by atoms with van der Waals surface area (Å²) in [5.74, 6) is -0.968. The number of rotatable bonds is 4. The van der Waals surface area contributed by atoms with E-state index in [1.807, 2.05) is 0 Å². The third kappa shape index (κ3) is 2.97. The van der Waals surface area contributed by atoms with E-state index in [4.69, 9.17) is 0 Å². The molecule has 0 unspecified atom stereocenters. The lowest BCUT2D eigenvalue weighted by Crippen LogP contribution is -1.95. The van der Waals surface area contributed by atoms with Gasteiger partial charge in [0, 0.05) is 23.5 Å². The van der Waals surface area contributed by atoms with Gasteiger partial charge in [-0.3, -0.25) is 20.2 Å². The van der Waals surface area contributed by atoms with Gasteiger partial charge in [-0.2, -0.15) is 0 Å². The van der Waals surface area contributed by atoms with Gasteiger partial charge in [-0.15, -0.1) is 0 Å². The van der Waals surface area contributed by atoms with Crippen LogP contribution in [0.1, 0.15) is 0 Å². The second-order valence-electron chi connectivity index (χ2n) is 4.05. The Balaban J connectivity index is 2.34. The van der Waals surface area contributed by atoms with E-state index >= 15 is 0 Å². The van der Waals surface area contributed by atoms with Crippen LogP contribution in [-0.2, 0) is 0 Å². The second-order valence-corrected chi connectivity index (χ2v) is 4.05. The van der Waals surface area contributed by atoms with Crippen LogP contribution in [0.2, 0.25) is 0 Å². The molecule has 0 fully saturated rings. The molecule has 0 aromatic heterocycles. The lowest BCUT2D eigenvalue weighted by atomic mass is 10.2. The molecule has 0 saturated carbocycles. The van der Waals surface area contributed by atoms with Crippen LogP contribution in [0.4, 0.5) is 22.7 Å². The standard InChI is InChI=1S/C12H9N3O6/c16-11-3-1-7(5-9(11)14(18)19)13-8-2-4-12(17)10(6-8)15(20)21/h1-6,13,16-17H. The quantitative estimate of drug-likeness (QED) is 0.447. The van der Waals surface area contributed by atoms with Gasteiger partial charge in [-0.25, -0.2) is 0 Å². The highest BCUT2D eigenvalue weighted by Gasteiger charge is 2.16. The van der Waals surface area contributed by atoms with Crippen molar-refractivity contribution in [3.63, 3.8) is 0 Å². The fourth-order valence-electron chi connectivity index (χ4n) is 1.66. The van der Waals surface area contributed by atoms with Gasteiger partial charge >= 0.3 is 11.4 Å². The number of anilines is 2. The Kier molecular flexibility index (Phi) is 3.57. The Hall–Kier alpha value is -3.36. The second kappa shape index (κ2) is 5.33. The minimum Gasteiger partial charge on any atom is -0.502 e. The summed E-state index contributed by atoms with van der Waals surface area (Å²) in [5, 5.41) is 42.8. The normalized spacial score (nSPS) is 10.1. The molecule has 2 rings (SSSR count). The van der Waals surface area contributed by atoms with Gasteiger partial charge in [-0.1, -0.05) is 0 Å². The predicted molar refractivity (Wildman–Crippen MR) is 72.8 cm³/mol. The molecular formula is C12H9N3O6. The molecule has 2 aromatic carbocycles. The van der Waals surface area contributed by atoms with E-state index in [0.717, 1.165) is 24.3 Å². The number of nitro groups is 2. The topological polar surface area (TPSA) is 139 Å². The summed E-state index contributed by atoms with van der Waals surface area (Å²) < 4.78 is 0. The van der Waals surface area contributed by atoms with Crippen molar-refractivity contribution in [3.8, 4) is 11.5 Å². The van der Waals surface area contributed by atoms with Crippen LogP contribution < -0.4 is 5.32 Å². The molecule has 0 aliphatic carbocycles. The lowest BCUT2D eigenvalue weighted by molar-refractivity contribution is -0.385. The molecule has 0 saturated heterocycles. The van der Waals surface area contributed by atoms with Crippen LogP contribution in [0.15, 0.2) is 36.4 Å². The molecule has 0 heterocycles. The van der Waals surface area contributed by atoms with E-state index in [9.17, 15) is 30.4 Å². The number of nitrogens with zero attached hydrogens (tertiary/aromatic N) is 2. The third-order valence-corrected chi connectivity index (χ3v) is 2.63. The molecule has 21 heavy (non-hydrogen) atoms. The molecule has 0 bridgehead atoms. The summed E-state index contributed by atoms with van der Waals surface area (Å²) in [6.45, 7) is 0. The van der Waals surface area contributed by atoms with Gasteiger partial charge in [0.2, 0.25) is 0 Å². The van der Waals surface area contributed by atoms with E-state index in [2.05, 4.69) is 5.32 Å². The summed E-state index contributed by atoms with van der Waals surface area (Å²) in [5.41, 5.74) is -0.458. The lowest BCUT2D eigenvalue weighted by Gasteiger charge is -2.07. The van der Waals surface area contributed by atoms with Crippen LogP contribution in [0, 0.1) is 20.2 Å². The summed E-state index contributed by atoms with van der Waals surface area (Å²) in [6.07, 6.45) is 0. The maximum Gasteiger partial charge on any atom is 0.312 e. The number of phenolic OH excluding ortho intramolecular Hbond substituents is 2. The van der Waals surface area contributed by atoms with Crippen molar-refractivity contribution < 1.29 is 20.1 Å². The Morgan fingerprint density at radius 2 is 1.19 bits per heavy atom. The number of hydrogen-bond acceptors (Lipinski definition) is 7. The highest BCUT2D eigenvalue weighted by Crippen LogP contribution is 2.33. The third-order valence-electron chi connectivity index (χ3n) is 2.63. The van der Waals surface area contributed by atoms with Crippen molar-refractivity contribution >= 4 is 22.7 Å². The molecule has 9 nitrogen and oxygen atoms in total. The number of aromatic hydroxyl groups is 2. The van der Waals surface area contributed by atoms with Crippen molar-refractivity contribution in [3.05, 3.63) is 56.6 Å². The highest BCUT2D eigenvalue weighted by molar-refractivity contribution is 5.68. The number of nitro benzene ring substituents is 2. The van der Waals surface area contributed by atoms with E-state index in [-0.39, 0.29) is 11.4 Å². The fraction of sp³-hybridized carbons (Fsp3) is 0. The van der Waals surface area contributed by atoms with Crippen molar-refractivity contribution in [1.29, 1.82) is 0 Å². The maximum absolute atomic E-state index is 10.7. The van der Waals surface area contributed by atoms with Gasteiger partial charge in [0.15, 0.2) is 11.5 Å². The maximum atomic E-state index is 10.7. The summed E-state index contributed by atoms with van der Waals surface area (Å²) in [7, 11) is 0. The fourth-order valence-corrected chi connectivity index (χ4v) is 1.66. The number of benzene rings is 2. The molecule has 3 N–H and O–H groups in total. The first kappa shape index (κ1) is 14.1. The molecule has 0 atom stereocenters.